The minimum Gasteiger partial charge on any atom is -0.341 e. The van der Waals surface area contributed by atoms with E-state index in [1.807, 2.05) is 36.5 Å². The lowest BCUT2D eigenvalue weighted by atomic mass is 10.3. The van der Waals surface area contributed by atoms with Gasteiger partial charge >= 0.3 is 0 Å². The van der Waals surface area contributed by atoms with Gasteiger partial charge in [-0.25, -0.2) is 14.6 Å². The quantitative estimate of drug-likeness (QED) is 0.473. The van der Waals surface area contributed by atoms with E-state index in [4.69, 9.17) is 0 Å². The van der Waals surface area contributed by atoms with E-state index in [-0.39, 0.29) is 11.7 Å². The van der Waals surface area contributed by atoms with E-state index in [2.05, 4.69) is 21.1 Å². The van der Waals surface area contributed by atoms with E-state index >= 15 is 0 Å². The maximum atomic E-state index is 12.5. The summed E-state index contributed by atoms with van der Waals surface area (Å²) in [5, 5.41) is 14.2. The minimum atomic E-state index is -0.0460. The molecule has 0 N–H and O–H groups in total. The number of benzene rings is 1. The number of aryl methyl sites for hydroxylation is 2. The summed E-state index contributed by atoms with van der Waals surface area (Å²) in [6, 6.07) is 11.9. The molecule has 0 saturated heterocycles. The molecule has 28 heavy (non-hydrogen) atoms. The second-order valence-corrected chi connectivity index (χ2v) is 7.28. The fourth-order valence-corrected chi connectivity index (χ4v) is 3.70. The molecule has 0 fully saturated rings. The topological polar surface area (TPSA) is 87.7 Å². The van der Waals surface area contributed by atoms with E-state index in [0.29, 0.717) is 28.7 Å². The van der Waals surface area contributed by atoms with Gasteiger partial charge in [-0.2, -0.15) is 10.4 Å². The van der Waals surface area contributed by atoms with Crippen LogP contribution in [0.15, 0.2) is 47.8 Å². The molecule has 8 heteroatoms. The summed E-state index contributed by atoms with van der Waals surface area (Å²) < 4.78 is 1.79. The molecular formula is C20H20N6OS. The third-order valence-electron chi connectivity index (χ3n) is 4.11. The standard InChI is InChI=1S/C20H20N6OS/c1-14-18(9-21)20(24-15(2)23-14)28-13-19(27)25(3)11-16-10-22-26(12-16)17-7-5-4-6-8-17/h4-8,10,12H,11,13H2,1-3H3. The van der Waals surface area contributed by atoms with E-state index in [1.165, 1.54) is 11.8 Å². The Morgan fingerprint density at radius 3 is 2.71 bits per heavy atom. The average molecular weight is 392 g/mol. The highest BCUT2D eigenvalue weighted by Gasteiger charge is 2.15. The maximum absolute atomic E-state index is 12.5. The Balaban J connectivity index is 1.62. The van der Waals surface area contributed by atoms with Gasteiger partial charge in [0.15, 0.2) is 0 Å². The molecule has 7 nitrogen and oxygen atoms in total. The summed E-state index contributed by atoms with van der Waals surface area (Å²) in [5.74, 6) is 0.747. The van der Waals surface area contributed by atoms with Gasteiger partial charge in [0, 0.05) is 25.4 Å². The largest absolute Gasteiger partial charge is 0.341 e. The Morgan fingerprint density at radius 1 is 1.25 bits per heavy atom. The van der Waals surface area contributed by atoms with Gasteiger partial charge in [0.2, 0.25) is 5.91 Å². The van der Waals surface area contributed by atoms with Crippen LogP contribution in [0.5, 0.6) is 0 Å². The molecule has 3 rings (SSSR count). The van der Waals surface area contributed by atoms with Crippen LogP contribution in [-0.2, 0) is 11.3 Å². The molecule has 0 bridgehead atoms. The monoisotopic (exact) mass is 392 g/mol. The first-order valence-corrected chi connectivity index (χ1v) is 9.67. The van der Waals surface area contributed by atoms with Gasteiger partial charge in [-0.15, -0.1) is 0 Å². The summed E-state index contributed by atoms with van der Waals surface area (Å²) in [7, 11) is 1.75. The van der Waals surface area contributed by atoms with E-state index in [1.54, 1.807) is 36.7 Å². The first-order chi connectivity index (χ1) is 13.5. The summed E-state index contributed by atoms with van der Waals surface area (Å²) in [6.45, 7) is 4.01. The number of rotatable bonds is 6. The van der Waals surface area contributed by atoms with Gasteiger partial charge in [-0.3, -0.25) is 4.79 Å². The molecule has 1 amide bonds. The molecule has 2 aromatic heterocycles. The first kappa shape index (κ1) is 19.6. The number of thioether (sulfide) groups is 1. The third kappa shape index (κ3) is 4.56. The lowest BCUT2D eigenvalue weighted by molar-refractivity contribution is -0.127. The Morgan fingerprint density at radius 2 is 2.00 bits per heavy atom. The second kappa shape index (κ2) is 8.67. The van der Waals surface area contributed by atoms with Crippen LogP contribution < -0.4 is 0 Å². The number of para-hydroxylation sites is 1. The van der Waals surface area contributed by atoms with Gasteiger partial charge in [-0.05, 0) is 26.0 Å². The van der Waals surface area contributed by atoms with E-state index < -0.39 is 0 Å². The fraction of sp³-hybridized carbons (Fsp3) is 0.250. The molecule has 2 heterocycles. The highest BCUT2D eigenvalue weighted by atomic mass is 32.2. The summed E-state index contributed by atoms with van der Waals surface area (Å²) in [4.78, 5) is 22.7. The van der Waals surface area contributed by atoms with Gasteiger partial charge < -0.3 is 4.90 Å². The molecule has 0 aliphatic carbocycles. The zero-order chi connectivity index (χ0) is 20.1. The molecular weight excluding hydrogens is 372 g/mol. The van der Waals surface area contributed by atoms with Crippen molar-refractivity contribution in [2.75, 3.05) is 12.8 Å². The zero-order valence-corrected chi connectivity index (χ0v) is 16.8. The van der Waals surface area contributed by atoms with Crippen molar-refractivity contribution in [1.29, 1.82) is 5.26 Å². The number of amides is 1. The highest BCUT2D eigenvalue weighted by Crippen LogP contribution is 2.22. The molecule has 1 aromatic carbocycles. The third-order valence-corrected chi connectivity index (χ3v) is 5.08. The van der Waals surface area contributed by atoms with Gasteiger partial charge in [0.25, 0.3) is 0 Å². The van der Waals surface area contributed by atoms with Crippen LogP contribution in [-0.4, -0.2) is 43.4 Å². The highest BCUT2D eigenvalue weighted by molar-refractivity contribution is 8.00. The number of hydrogen-bond donors (Lipinski definition) is 0. The first-order valence-electron chi connectivity index (χ1n) is 8.69. The molecule has 0 aliphatic heterocycles. The Bertz CT molecular complexity index is 1020. The number of hydrogen-bond acceptors (Lipinski definition) is 6. The van der Waals surface area contributed by atoms with Crippen LogP contribution in [0.2, 0.25) is 0 Å². The number of aromatic nitrogens is 4. The summed E-state index contributed by atoms with van der Waals surface area (Å²) in [5.41, 5.74) is 2.97. The molecule has 0 spiro atoms. The number of carbonyl (C=O) groups is 1. The van der Waals surface area contributed by atoms with Crippen molar-refractivity contribution < 1.29 is 4.79 Å². The Kier molecular flexibility index (Phi) is 6.06. The normalized spacial score (nSPS) is 10.5. The Labute approximate surface area is 168 Å². The van der Waals surface area contributed by atoms with Crippen molar-refractivity contribution in [3.05, 3.63) is 65.4 Å². The summed E-state index contributed by atoms with van der Waals surface area (Å²) in [6.07, 6.45) is 3.67. The van der Waals surface area contributed by atoms with Crippen LogP contribution in [0.3, 0.4) is 0 Å². The molecule has 0 aliphatic rings. The van der Waals surface area contributed by atoms with Gasteiger partial charge in [-0.1, -0.05) is 30.0 Å². The van der Waals surface area contributed by atoms with Crippen molar-refractivity contribution in [3.8, 4) is 11.8 Å². The molecule has 0 saturated carbocycles. The number of nitrogens with zero attached hydrogens (tertiary/aromatic N) is 6. The van der Waals surface area contributed by atoms with Crippen molar-refractivity contribution in [2.24, 2.45) is 0 Å². The van der Waals surface area contributed by atoms with Crippen LogP contribution >= 0.6 is 11.8 Å². The Hall–Kier alpha value is -3.18. The second-order valence-electron chi connectivity index (χ2n) is 6.32. The van der Waals surface area contributed by atoms with Gasteiger partial charge in [0.05, 0.1) is 23.3 Å². The minimum absolute atomic E-state index is 0.0460. The van der Waals surface area contributed by atoms with E-state index in [9.17, 15) is 10.1 Å². The predicted octanol–water partition coefficient (Wildman–Crippen LogP) is 2.90. The van der Waals surface area contributed by atoms with Crippen molar-refractivity contribution >= 4 is 17.7 Å². The SMILES string of the molecule is Cc1nc(C)c(C#N)c(SCC(=O)N(C)Cc2cnn(-c3ccccc3)c2)n1. The van der Waals surface area contributed by atoms with E-state index in [0.717, 1.165) is 11.3 Å². The lowest BCUT2D eigenvalue weighted by Crippen LogP contribution is -2.27. The predicted molar refractivity (Wildman–Crippen MR) is 107 cm³/mol. The maximum Gasteiger partial charge on any atom is 0.233 e. The average Bonchev–Trinajstić information content (AvgIpc) is 3.15. The molecule has 3 aromatic rings. The van der Waals surface area contributed by atoms with Gasteiger partial charge in [0.1, 0.15) is 22.5 Å². The zero-order valence-electron chi connectivity index (χ0n) is 16.0. The van der Waals surface area contributed by atoms with Crippen LogP contribution in [0, 0.1) is 25.2 Å². The molecule has 142 valence electrons. The van der Waals surface area contributed by atoms with Crippen molar-refractivity contribution in [2.45, 2.75) is 25.4 Å². The number of nitriles is 1. The van der Waals surface area contributed by atoms with Crippen LogP contribution in [0.25, 0.3) is 5.69 Å². The van der Waals surface area contributed by atoms with Crippen molar-refractivity contribution in [1.82, 2.24) is 24.6 Å². The molecule has 0 atom stereocenters. The van der Waals surface area contributed by atoms with Crippen molar-refractivity contribution in [3.63, 3.8) is 0 Å². The molecule has 0 unspecified atom stereocenters. The smallest absolute Gasteiger partial charge is 0.233 e. The van der Waals surface area contributed by atoms with Crippen LogP contribution in [0.4, 0.5) is 0 Å². The fourth-order valence-electron chi connectivity index (χ4n) is 2.68. The lowest BCUT2D eigenvalue weighted by Gasteiger charge is -2.16. The number of carbonyl (C=O) groups excluding carboxylic acids is 1. The summed E-state index contributed by atoms with van der Waals surface area (Å²) >= 11 is 1.26. The molecule has 0 radical (unpaired) electrons. The van der Waals surface area contributed by atoms with Crippen LogP contribution in [0.1, 0.15) is 22.6 Å².